The van der Waals surface area contributed by atoms with Gasteiger partial charge in [-0.2, -0.15) is 0 Å². The second-order valence-corrected chi connectivity index (χ2v) is 7.82. The van der Waals surface area contributed by atoms with Crippen LogP contribution in [-0.4, -0.2) is 35.3 Å². The summed E-state index contributed by atoms with van der Waals surface area (Å²) in [7, 11) is -1.49. The largest absolute Gasteiger partial charge is 0.476 e. The van der Waals surface area contributed by atoms with Crippen molar-refractivity contribution in [3.05, 3.63) is 47.2 Å². The standard InChI is InChI=1S/C16H13ClN2O4S/c1-19-12(9-3-5-10(6-4-9)24(2,22)23)7-11-13(19)8-14(17)18-15(11)16(20)21/h3-8H,1-2H3,(H,20,21). The van der Waals surface area contributed by atoms with E-state index in [4.69, 9.17) is 11.6 Å². The molecular formula is C16H13ClN2O4S. The highest BCUT2D eigenvalue weighted by Gasteiger charge is 2.18. The molecule has 3 rings (SSSR count). The van der Waals surface area contributed by atoms with E-state index in [0.717, 1.165) is 17.5 Å². The van der Waals surface area contributed by atoms with Crippen LogP contribution in [0.2, 0.25) is 5.15 Å². The van der Waals surface area contributed by atoms with Crippen molar-refractivity contribution in [1.29, 1.82) is 0 Å². The van der Waals surface area contributed by atoms with Crippen LogP contribution in [0.5, 0.6) is 0 Å². The molecule has 3 aromatic rings. The maximum Gasteiger partial charge on any atom is 0.355 e. The summed E-state index contributed by atoms with van der Waals surface area (Å²) in [4.78, 5) is 15.5. The van der Waals surface area contributed by atoms with Crippen LogP contribution in [-0.2, 0) is 16.9 Å². The second kappa shape index (κ2) is 5.61. The summed E-state index contributed by atoms with van der Waals surface area (Å²) < 4.78 is 24.9. The van der Waals surface area contributed by atoms with Gasteiger partial charge in [0.15, 0.2) is 15.5 Å². The van der Waals surface area contributed by atoms with Crippen LogP contribution in [0.15, 0.2) is 41.3 Å². The minimum absolute atomic E-state index is 0.0973. The molecule has 24 heavy (non-hydrogen) atoms. The van der Waals surface area contributed by atoms with Crippen molar-refractivity contribution in [2.75, 3.05) is 6.26 Å². The van der Waals surface area contributed by atoms with Gasteiger partial charge < -0.3 is 9.67 Å². The van der Waals surface area contributed by atoms with Gasteiger partial charge in [0.2, 0.25) is 0 Å². The Morgan fingerprint density at radius 3 is 2.38 bits per heavy atom. The van der Waals surface area contributed by atoms with E-state index in [9.17, 15) is 18.3 Å². The average molecular weight is 365 g/mol. The Labute approximate surface area is 143 Å². The van der Waals surface area contributed by atoms with Crippen LogP contribution in [0.4, 0.5) is 0 Å². The Morgan fingerprint density at radius 2 is 1.83 bits per heavy atom. The SMILES string of the molecule is Cn1c(-c2ccc(S(C)(=O)=O)cc2)cc2c(C(=O)O)nc(Cl)cc21. The normalized spacial score (nSPS) is 11.8. The maximum atomic E-state index is 11.6. The third kappa shape index (κ3) is 2.76. The summed E-state index contributed by atoms with van der Waals surface area (Å²) in [5, 5.41) is 9.87. The van der Waals surface area contributed by atoms with E-state index < -0.39 is 15.8 Å². The number of rotatable bonds is 3. The third-order valence-corrected chi connectivity index (χ3v) is 5.11. The van der Waals surface area contributed by atoms with Gasteiger partial charge in [0.25, 0.3) is 0 Å². The maximum absolute atomic E-state index is 11.6. The number of carboxylic acid groups (broad SMARTS) is 1. The number of nitrogens with zero attached hydrogens (tertiary/aromatic N) is 2. The molecule has 0 atom stereocenters. The number of pyridine rings is 1. The molecule has 2 heterocycles. The number of sulfone groups is 1. The Morgan fingerprint density at radius 1 is 1.21 bits per heavy atom. The molecule has 8 heteroatoms. The first-order valence-electron chi connectivity index (χ1n) is 6.88. The molecular weight excluding hydrogens is 352 g/mol. The molecule has 2 aromatic heterocycles. The molecule has 0 fully saturated rings. The lowest BCUT2D eigenvalue weighted by Gasteiger charge is -2.06. The average Bonchev–Trinajstić information content (AvgIpc) is 2.83. The van der Waals surface area contributed by atoms with Crippen LogP contribution in [0.25, 0.3) is 22.2 Å². The zero-order chi connectivity index (χ0) is 17.6. The van der Waals surface area contributed by atoms with Gasteiger partial charge >= 0.3 is 5.97 Å². The summed E-state index contributed by atoms with van der Waals surface area (Å²) in [6.45, 7) is 0. The number of halogens is 1. The fraction of sp³-hybridized carbons (Fsp3) is 0.125. The van der Waals surface area contributed by atoms with Crippen LogP contribution in [0, 0.1) is 0 Å². The van der Waals surface area contributed by atoms with Crippen molar-refractivity contribution < 1.29 is 18.3 Å². The van der Waals surface area contributed by atoms with Crippen molar-refractivity contribution in [3.8, 4) is 11.3 Å². The van der Waals surface area contributed by atoms with Gasteiger partial charge in [0, 0.05) is 24.4 Å². The van der Waals surface area contributed by atoms with Crippen molar-refractivity contribution in [3.63, 3.8) is 0 Å². The molecule has 0 radical (unpaired) electrons. The van der Waals surface area contributed by atoms with Gasteiger partial charge in [0.05, 0.1) is 10.4 Å². The van der Waals surface area contributed by atoms with E-state index in [2.05, 4.69) is 4.98 Å². The van der Waals surface area contributed by atoms with Gasteiger partial charge in [-0.1, -0.05) is 23.7 Å². The molecule has 0 saturated heterocycles. The molecule has 6 nitrogen and oxygen atoms in total. The van der Waals surface area contributed by atoms with Crippen LogP contribution in [0.1, 0.15) is 10.5 Å². The lowest BCUT2D eigenvalue weighted by Crippen LogP contribution is -2.01. The first-order valence-corrected chi connectivity index (χ1v) is 9.15. The monoisotopic (exact) mass is 364 g/mol. The predicted octanol–water partition coefficient (Wildman–Crippen LogP) is 3.00. The third-order valence-electron chi connectivity index (χ3n) is 3.79. The first kappa shape index (κ1) is 16.5. The highest BCUT2D eigenvalue weighted by atomic mass is 35.5. The summed E-state index contributed by atoms with van der Waals surface area (Å²) in [5.74, 6) is -1.16. The van der Waals surface area contributed by atoms with Crippen molar-refractivity contribution in [1.82, 2.24) is 9.55 Å². The summed E-state index contributed by atoms with van der Waals surface area (Å²) in [6.07, 6.45) is 1.14. The molecule has 0 aliphatic heterocycles. The highest BCUT2D eigenvalue weighted by molar-refractivity contribution is 7.90. The van der Waals surface area contributed by atoms with Crippen molar-refractivity contribution in [2.24, 2.45) is 7.05 Å². The zero-order valence-corrected chi connectivity index (χ0v) is 14.4. The molecule has 0 bridgehead atoms. The van der Waals surface area contributed by atoms with E-state index in [0.29, 0.717) is 10.9 Å². The van der Waals surface area contributed by atoms with Gasteiger partial charge in [-0.05, 0) is 29.8 Å². The number of aromatic nitrogens is 2. The quantitative estimate of drug-likeness (QED) is 0.721. The fourth-order valence-corrected chi connectivity index (χ4v) is 3.43. The first-order chi connectivity index (χ1) is 11.2. The number of fused-ring (bicyclic) bond motifs is 1. The van der Waals surface area contributed by atoms with E-state index in [1.165, 1.54) is 12.1 Å². The minimum atomic E-state index is -3.27. The van der Waals surface area contributed by atoms with Gasteiger partial charge in [-0.3, -0.25) is 0 Å². The van der Waals surface area contributed by atoms with Gasteiger partial charge in [-0.15, -0.1) is 0 Å². The molecule has 0 unspecified atom stereocenters. The number of benzene rings is 1. The molecule has 0 spiro atoms. The Hall–Kier alpha value is -2.38. The van der Waals surface area contributed by atoms with Gasteiger partial charge in [-0.25, -0.2) is 18.2 Å². The summed E-state index contributed by atoms with van der Waals surface area (Å²) in [5.41, 5.74) is 2.01. The zero-order valence-electron chi connectivity index (χ0n) is 12.8. The van der Waals surface area contributed by atoms with Crippen LogP contribution in [0.3, 0.4) is 0 Å². The summed E-state index contributed by atoms with van der Waals surface area (Å²) >= 11 is 5.91. The smallest absolute Gasteiger partial charge is 0.355 e. The number of aryl methyl sites for hydroxylation is 1. The highest BCUT2D eigenvalue weighted by Crippen LogP contribution is 2.30. The number of aromatic carboxylic acids is 1. The van der Waals surface area contributed by atoms with Gasteiger partial charge in [0.1, 0.15) is 5.15 Å². The summed E-state index contributed by atoms with van der Waals surface area (Å²) in [6, 6.07) is 9.70. The molecule has 0 aliphatic carbocycles. The van der Waals surface area contributed by atoms with Crippen LogP contribution >= 0.6 is 11.6 Å². The molecule has 0 aliphatic rings. The van der Waals surface area contributed by atoms with E-state index >= 15 is 0 Å². The number of carbonyl (C=O) groups is 1. The predicted molar refractivity (Wildman–Crippen MR) is 91.2 cm³/mol. The van der Waals surface area contributed by atoms with Crippen molar-refractivity contribution in [2.45, 2.75) is 4.90 Å². The topological polar surface area (TPSA) is 89.3 Å². The Balaban J connectivity index is 2.22. The number of carboxylic acids is 1. The number of hydrogen-bond donors (Lipinski definition) is 1. The van der Waals surface area contributed by atoms with E-state index in [1.54, 1.807) is 35.9 Å². The minimum Gasteiger partial charge on any atom is -0.476 e. The molecule has 0 saturated carbocycles. The fourth-order valence-electron chi connectivity index (χ4n) is 2.61. The second-order valence-electron chi connectivity index (χ2n) is 5.42. The van der Waals surface area contributed by atoms with Crippen LogP contribution < -0.4 is 0 Å². The van der Waals surface area contributed by atoms with E-state index in [1.807, 2.05) is 0 Å². The Kier molecular flexibility index (Phi) is 3.85. The lowest BCUT2D eigenvalue weighted by atomic mass is 10.1. The lowest BCUT2D eigenvalue weighted by molar-refractivity contribution is 0.0693. The van der Waals surface area contributed by atoms with Crippen molar-refractivity contribution >= 4 is 38.3 Å². The molecule has 124 valence electrons. The Bertz CT molecular complexity index is 1070. The van der Waals surface area contributed by atoms with E-state index in [-0.39, 0.29) is 15.7 Å². The molecule has 0 amide bonds. The molecule has 1 N–H and O–H groups in total. The molecule has 1 aromatic carbocycles. The number of hydrogen-bond acceptors (Lipinski definition) is 4.